The predicted octanol–water partition coefficient (Wildman–Crippen LogP) is 1.21. The van der Waals surface area contributed by atoms with Crippen molar-refractivity contribution in [2.24, 2.45) is 5.73 Å². The van der Waals surface area contributed by atoms with E-state index in [1.165, 1.54) is 0 Å². The number of benzene rings is 1. The van der Waals surface area contributed by atoms with Gasteiger partial charge in [-0.1, -0.05) is 11.6 Å². The SMILES string of the molecule is CC1CN(c2ccc(Cl)cc2C(=N)N)CC(CO)O1. The summed E-state index contributed by atoms with van der Waals surface area (Å²) >= 11 is 5.95. The van der Waals surface area contributed by atoms with Crippen LogP contribution >= 0.6 is 11.6 Å². The van der Waals surface area contributed by atoms with Gasteiger partial charge >= 0.3 is 0 Å². The summed E-state index contributed by atoms with van der Waals surface area (Å²) in [7, 11) is 0. The summed E-state index contributed by atoms with van der Waals surface area (Å²) < 4.78 is 5.61. The van der Waals surface area contributed by atoms with E-state index in [0.717, 1.165) is 5.69 Å². The summed E-state index contributed by atoms with van der Waals surface area (Å²) in [5.41, 5.74) is 7.07. The number of nitrogen functional groups attached to an aromatic ring is 1. The van der Waals surface area contributed by atoms with Crippen molar-refractivity contribution in [2.75, 3.05) is 24.6 Å². The van der Waals surface area contributed by atoms with Crippen LogP contribution in [0.2, 0.25) is 5.02 Å². The number of nitrogens with zero attached hydrogens (tertiary/aromatic N) is 1. The molecule has 1 fully saturated rings. The van der Waals surface area contributed by atoms with Gasteiger partial charge in [-0.15, -0.1) is 0 Å². The molecule has 104 valence electrons. The Kier molecular flexibility index (Phi) is 4.29. The van der Waals surface area contributed by atoms with E-state index in [-0.39, 0.29) is 24.7 Å². The third-order valence-electron chi connectivity index (χ3n) is 3.12. The van der Waals surface area contributed by atoms with Crippen molar-refractivity contribution in [1.29, 1.82) is 5.41 Å². The third kappa shape index (κ3) is 3.18. The fourth-order valence-corrected chi connectivity index (χ4v) is 2.51. The van der Waals surface area contributed by atoms with E-state index in [1.54, 1.807) is 12.1 Å². The standard InChI is InChI=1S/C13H18ClN3O2/c1-8-5-17(6-10(7-18)19-8)12-3-2-9(14)4-11(12)13(15)16/h2-4,8,10,18H,5-7H2,1H3,(H3,15,16). The van der Waals surface area contributed by atoms with Gasteiger partial charge in [-0.2, -0.15) is 0 Å². The molecule has 0 radical (unpaired) electrons. The van der Waals surface area contributed by atoms with Gasteiger partial charge in [-0.25, -0.2) is 0 Å². The monoisotopic (exact) mass is 283 g/mol. The second kappa shape index (κ2) is 5.77. The van der Waals surface area contributed by atoms with Gasteiger partial charge in [0.05, 0.1) is 18.8 Å². The minimum absolute atomic E-state index is 0.0152. The minimum atomic E-state index is -0.223. The molecule has 1 aromatic rings. The fraction of sp³-hybridized carbons (Fsp3) is 0.462. The highest BCUT2D eigenvalue weighted by atomic mass is 35.5. The molecule has 1 heterocycles. The second-order valence-electron chi connectivity index (χ2n) is 4.73. The average Bonchev–Trinajstić information content (AvgIpc) is 2.37. The first-order valence-corrected chi connectivity index (χ1v) is 6.54. The molecule has 19 heavy (non-hydrogen) atoms. The molecule has 2 unspecified atom stereocenters. The lowest BCUT2D eigenvalue weighted by Gasteiger charge is -2.38. The molecule has 1 aliphatic rings. The average molecular weight is 284 g/mol. The van der Waals surface area contributed by atoms with E-state index in [4.69, 9.17) is 27.5 Å². The highest BCUT2D eigenvalue weighted by molar-refractivity contribution is 6.31. The molecule has 1 aliphatic heterocycles. The van der Waals surface area contributed by atoms with Crippen molar-refractivity contribution in [3.8, 4) is 0 Å². The van der Waals surface area contributed by atoms with Crippen LogP contribution in [0.5, 0.6) is 0 Å². The normalized spacial score (nSPS) is 23.4. The minimum Gasteiger partial charge on any atom is -0.394 e. The van der Waals surface area contributed by atoms with Crippen molar-refractivity contribution >= 4 is 23.1 Å². The maximum atomic E-state index is 9.26. The van der Waals surface area contributed by atoms with Gasteiger partial charge in [0.1, 0.15) is 5.84 Å². The highest BCUT2D eigenvalue weighted by Gasteiger charge is 2.26. The van der Waals surface area contributed by atoms with Gasteiger partial charge in [0.2, 0.25) is 0 Å². The molecule has 0 bridgehead atoms. The molecule has 2 rings (SSSR count). The molecule has 0 amide bonds. The second-order valence-corrected chi connectivity index (χ2v) is 5.17. The summed E-state index contributed by atoms with van der Waals surface area (Å²) in [5.74, 6) is -0.0165. The first kappa shape index (κ1) is 14.1. The number of hydrogen-bond acceptors (Lipinski definition) is 4. The summed E-state index contributed by atoms with van der Waals surface area (Å²) in [5, 5.41) is 17.5. The van der Waals surface area contributed by atoms with Crippen LogP contribution in [0.25, 0.3) is 0 Å². The number of amidine groups is 1. The smallest absolute Gasteiger partial charge is 0.124 e. The Morgan fingerprint density at radius 3 is 2.95 bits per heavy atom. The molecule has 1 saturated heterocycles. The van der Waals surface area contributed by atoms with Gasteiger partial charge in [0.25, 0.3) is 0 Å². The summed E-state index contributed by atoms with van der Waals surface area (Å²) in [6.45, 7) is 3.20. The maximum absolute atomic E-state index is 9.26. The number of nitrogens with one attached hydrogen (secondary N) is 1. The largest absolute Gasteiger partial charge is 0.394 e. The molecule has 0 spiro atoms. The molecular weight excluding hydrogens is 266 g/mol. The Morgan fingerprint density at radius 1 is 1.58 bits per heavy atom. The van der Waals surface area contributed by atoms with Crippen LogP contribution in [0.15, 0.2) is 18.2 Å². The number of anilines is 1. The van der Waals surface area contributed by atoms with Crippen LogP contribution in [0.4, 0.5) is 5.69 Å². The number of rotatable bonds is 3. The molecule has 6 heteroatoms. The molecule has 4 N–H and O–H groups in total. The summed E-state index contributed by atoms with van der Waals surface area (Å²) in [4.78, 5) is 2.07. The van der Waals surface area contributed by atoms with Crippen molar-refractivity contribution in [1.82, 2.24) is 0 Å². The summed E-state index contributed by atoms with van der Waals surface area (Å²) in [6.07, 6.45) is -0.208. The van der Waals surface area contributed by atoms with Crippen LogP contribution in [0.1, 0.15) is 12.5 Å². The number of ether oxygens (including phenoxy) is 1. The van der Waals surface area contributed by atoms with E-state index < -0.39 is 0 Å². The van der Waals surface area contributed by atoms with E-state index in [2.05, 4.69) is 4.90 Å². The zero-order valence-electron chi connectivity index (χ0n) is 10.8. The van der Waals surface area contributed by atoms with Gasteiger partial charge in [0.15, 0.2) is 0 Å². The zero-order valence-corrected chi connectivity index (χ0v) is 11.5. The zero-order chi connectivity index (χ0) is 14.0. The van der Waals surface area contributed by atoms with Gasteiger partial charge in [-0.05, 0) is 25.1 Å². The van der Waals surface area contributed by atoms with Gasteiger partial charge < -0.3 is 20.5 Å². The topological polar surface area (TPSA) is 82.6 Å². The van der Waals surface area contributed by atoms with Crippen LogP contribution in [0.3, 0.4) is 0 Å². The Bertz CT molecular complexity index is 481. The highest BCUT2D eigenvalue weighted by Crippen LogP contribution is 2.27. The first-order chi connectivity index (χ1) is 9.01. The van der Waals surface area contributed by atoms with Crippen molar-refractivity contribution in [3.63, 3.8) is 0 Å². The number of hydrogen-bond donors (Lipinski definition) is 3. The van der Waals surface area contributed by atoms with Gasteiger partial charge in [-0.3, -0.25) is 5.41 Å². The number of nitrogens with two attached hydrogens (primary N) is 1. The van der Waals surface area contributed by atoms with Crippen molar-refractivity contribution in [3.05, 3.63) is 28.8 Å². The molecule has 2 atom stereocenters. The van der Waals surface area contributed by atoms with Crippen LogP contribution < -0.4 is 10.6 Å². The molecule has 5 nitrogen and oxygen atoms in total. The summed E-state index contributed by atoms with van der Waals surface area (Å²) in [6, 6.07) is 5.32. The molecule has 0 saturated carbocycles. The molecule has 0 aliphatic carbocycles. The Morgan fingerprint density at radius 2 is 2.32 bits per heavy atom. The van der Waals surface area contributed by atoms with E-state index in [9.17, 15) is 5.11 Å². The quantitative estimate of drug-likeness (QED) is 0.575. The van der Waals surface area contributed by atoms with E-state index in [0.29, 0.717) is 23.7 Å². The first-order valence-electron chi connectivity index (χ1n) is 6.16. The molecular formula is C13H18ClN3O2. The van der Waals surface area contributed by atoms with Crippen molar-refractivity contribution in [2.45, 2.75) is 19.1 Å². The van der Waals surface area contributed by atoms with Crippen LogP contribution in [-0.4, -0.2) is 42.8 Å². The number of halogens is 1. The fourth-order valence-electron chi connectivity index (χ4n) is 2.34. The van der Waals surface area contributed by atoms with E-state index >= 15 is 0 Å². The third-order valence-corrected chi connectivity index (χ3v) is 3.35. The number of aliphatic hydroxyl groups is 1. The Balaban J connectivity index is 2.32. The lowest BCUT2D eigenvalue weighted by molar-refractivity contribution is -0.0421. The number of aliphatic hydroxyl groups excluding tert-OH is 1. The van der Waals surface area contributed by atoms with Crippen LogP contribution in [-0.2, 0) is 4.74 Å². The Labute approximate surface area is 117 Å². The molecule has 1 aromatic carbocycles. The number of morpholine rings is 1. The van der Waals surface area contributed by atoms with Gasteiger partial charge in [0, 0.05) is 29.4 Å². The lowest BCUT2D eigenvalue weighted by Crippen LogP contribution is -2.48. The molecule has 0 aromatic heterocycles. The van der Waals surface area contributed by atoms with E-state index in [1.807, 2.05) is 13.0 Å². The Hall–Kier alpha value is -1.30. The maximum Gasteiger partial charge on any atom is 0.124 e. The van der Waals surface area contributed by atoms with Crippen LogP contribution in [0, 0.1) is 5.41 Å². The van der Waals surface area contributed by atoms with Crippen molar-refractivity contribution < 1.29 is 9.84 Å². The lowest BCUT2D eigenvalue weighted by atomic mass is 10.1. The predicted molar refractivity (Wildman–Crippen MR) is 76.1 cm³/mol.